The highest BCUT2D eigenvalue weighted by Crippen LogP contribution is 2.61. The van der Waals surface area contributed by atoms with Gasteiger partial charge in [-0.15, -0.1) is 0 Å². The van der Waals surface area contributed by atoms with Crippen LogP contribution in [0.4, 0.5) is 0 Å². The van der Waals surface area contributed by atoms with Crippen LogP contribution in [0.2, 0.25) is 0 Å². The summed E-state index contributed by atoms with van der Waals surface area (Å²) in [5.74, 6) is 0. The average molecular weight is 435 g/mol. The molecule has 0 aromatic carbocycles. The van der Waals surface area contributed by atoms with Crippen molar-refractivity contribution in [1.82, 2.24) is 0 Å². The molecule has 176 valence electrons. The lowest BCUT2D eigenvalue weighted by molar-refractivity contribution is 0.0114. The monoisotopic (exact) mass is 434 g/mol. The van der Waals surface area contributed by atoms with Gasteiger partial charge in [0.15, 0.2) is 0 Å². The van der Waals surface area contributed by atoms with Gasteiger partial charge in [-0.3, -0.25) is 4.57 Å². The van der Waals surface area contributed by atoms with Crippen LogP contribution in [0.3, 0.4) is 0 Å². The van der Waals surface area contributed by atoms with Crippen LogP contribution >= 0.6 is 7.60 Å². The van der Waals surface area contributed by atoms with Gasteiger partial charge >= 0.3 is 7.60 Å². The Balaban J connectivity index is 4.54. The highest BCUT2D eigenvalue weighted by atomic mass is 31.2. The van der Waals surface area contributed by atoms with Crippen LogP contribution in [-0.2, 0) is 4.57 Å². The normalized spacial score (nSPS) is 13.2. The standard InChI is InChI=1S/C24H51O4P/c1-5-7-9-11-13-15-17-19-21-24(23(3,4)25,29(26,27)28)22-20-18-16-14-12-10-8-6-2/h25H,5-22H2,1-4H3,(H2,26,27,28). The maximum Gasteiger partial charge on any atom is 0.334 e. The second-order valence-corrected chi connectivity index (χ2v) is 11.5. The van der Waals surface area contributed by atoms with Gasteiger partial charge in [0.05, 0.1) is 5.60 Å². The second kappa shape index (κ2) is 15.8. The van der Waals surface area contributed by atoms with Crippen molar-refractivity contribution < 1.29 is 19.5 Å². The van der Waals surface area contributed by atoms with Crippen molar-refractivity contribution >= 4 is 7.60 Å². The molecule has 0 aliphatic carbocycles. The maximum atomic E-state index is 12.5. The topological polar surface area (TPSA) is 77.8 Å². The molecule has 0 rings (SSSR count). The highest BCUT2D eigenvalue weighted by Gasteiger charge is 2.55. The molecule has 0 spiro atoms. The number of rotatable bonds is 20. The summed E-state index contributed by atoms with van der Waals surface area (Å²) in [5, 5.41) is 9.46. The lowest BCUT2D eigenvalue weighted by Crippen LogP contribution is -2.49. The molecule has 0 saturated carbocycles. The first-order valence-electron chi connectivity index (χ1n) is 12.4. The van der Waals surface area contributed by atoms with E-state index < -0.39 is 18.4 Å². The molecule has 5 heteroatoms. The first-order chi connectivity index (χ1) is 13.6. The van der Waals surface area contributed by atoms with Gasteiger partial charge in [0, 0.05) is 0 Å². The molecule has 0 heterocycles. The van der Waals surface area contributed by atoms with E-state index in [0.717, 1.165) is 38.5 Å². The maximum absolute atomic E-state index is 12.5. The van der Waals surface area contributed by atoms with Crippen LogP contribution in [0.1, 0.15) is 143 Å². The number of aliphatic hydroxyl groups is 1. The van der Waals surface area contributed by atoms with Crippen molar-refractivity contribution in [3.8, 4) is 0 Å². The van der Waals surface area contributed by atoms with Crippen molar-refractivity contribution in [3.05, 3.63) is 0 Å². The van der Waals surface area contributed by atoms with Gasteiger partial charge in [0.1, 0.15) is 5.16 Å². The predicted octanol–water partition coefficient (Wildman–Crippen LogP) is 7.74. The van der Waals surface area contributed by atoms with E-state index in [-0.39, 0.29) is 0 Å². The fourth-order valence-electron chi connectivity index (χ4n) is 4.49. The van der Waals surface area contributed by atoms with Crippen LogP contribution in [0, 0.1) is 0 Å². The Morgan fingerprint density at radius 2 is 0.862 bits per heavy atom. The molecule has 0 amide bonds. The van der Waals surface area contributed by atoms with E-state index in [1.807, 2.05) is 0 Å². The fraction of sp³-hybridized carbons (Fsp3) is 1.00. The quantitative estimate of drug-likeness (QED) is 0.135. The van der Waals surface area contributed by atoms with Crippen molar-refractivity contribution in [2.24, 2.45) is 0 Å². The van der Waals surface area contributed by atoms with Crippen LogP contribution < -0.4 is 0 Å². The van der Waals surface area contributed by atoms with E-state index in [1.165, 1.54) is 64.2 Å². The second-order valence-electron chi connectivity index (χ2n) is 9.58. The van der Waals surface area contributed by atoms with Crippen LogP contribution in [0.15, 0.2) is 0 Å². The molecule has 0 aliphatic rings. The SMILES string of the molecule is CCCCCCCCCCC(CCCCCCCCCC)(C(C)(C)O)P(=O)(O)O. The van der Waals surface area contributed by atoms with Gasteiger partial charge in [-0.1, -0.05) is 117 Å². The zero-order valence-electron chi connectivity index (χ0n) is 19.9. The molecular weight excluding hydrogens is 383 g/mol. The summed E-state index contributed by atoms with van der Waals surface area (Å²) in [7, 11) is -4.42. The Morgan fingerprint density at radius 3 is 1.10 bits per heavy atom. The van der Waals surface area contributed by atoms with Crippen LogP contribution in [0.5, 0.6) is 0 Å². The van der Waals surface area contributed by atoms with E-state index in [0.29, 0.717) is 12.8 Å². The third-order valence-electron chi connectivity index (χ3n) is 6.58. The van der Waals surface area contributed by atoms with Crippen molar-refractivity contribution in [1.29, 1.82) is 0 Å². The molecule has 29 heavy (non-hydrogen) atoms. The summed E-state index contributed by atoms with van der Waals surface area (Å²) < 4.78 is 12.5. The number of hydrogen-bond acceptors (Lipinski definition) is 2. The largest absolute Gasteiger partial charge is 0.389 e. The van der Waals surface area contributed by atoms with Gasteiger partial charge in [0.2, 0.25) is 0 Å². The van der Waals surface area contributed by atoms with E-state index in [9.17, 15) is 19.5 Å². The lowest BCUT2D eigenvalue weighted by Gasteiger charge is -2.44. The zero-order chi connectivity index (χ0) is 22.2. The van der Waals surface area contributed by atoms with Crippen molar-refractivity contribution in [2.75, 3.05) is 0 Å². The third kappa shape index (κ3) is 11.9. The number of unbranched alkanes of at least 4 members (excludes halogenated alkanes) is 14. The first-order valence-corrected chi connectivity index (χ1v) is 14.0. The van der Waals surface area contributed by atoms with Gasteiger partial charge in [-0.25, -0.2) is 0 Å². The van der Waals surface area contributed by atoms with E-state index in [4.69, 9.17) is 0 Å². The predicted molar refractivity (Wildman–Crippen MR) is 126 cm³/mol. The Labute approximate surface area is 181 Å². The van der Waals surface area contributed by atoms with E-state index in [1.54, 1.807) is 13.8 Å². The van der Waals surface area contributed by atoms with E-state index in [2.05, 4.69) is 13.8 Å². The molecule has 0 bridgehead atoms. The Bertz CT molecular complexity index is 405. The molecule has 0 atom stereocenters. The van der Waals surface area contributed by atoms with Crippen molar-refractivity contribution in [3.63, 3.8) is 0 Å². The Hall–Kier alpha value is 0.110. The smallest absolute Gasteiger partial charge is 0.334 e. The molecule has 0 fully saturated rings. The fourth-order valence-corrected chi connectivity index (χ4v) is 6.10. The van der Waals surface area contributed by atoms with Crippen LogP contribution in [0.25, 0.3) is 0 Å². The highest BCUT2D eigenvalue weighted by molar-refractivity contribution is 7.53. The first kappa shape index (κ1) is 29.1. The molecule has 3 N–H and O–H groups in total. The Morgan fingerprint density at radius 1 is 0.586 bits per heavy atom. The summed E-state index contributed by atoms with van der Waals surface area (Å²) in [4.78, 5) is 20.4. The van der Waals surface area contributed by atoms with E-state index >= 15 is 0 Å². The average Bonchev–Trinajstić information content (AvgIpc) is 2.62. The van der Waals surface area contributed by atoms with Crippen molar-refractivity contribution in [2.45, 2.75) is 154 Å². The lowest BCUT2D eigenvalue weighted by atomic mass is 9.81. The summed E-state index contributed by atoms with van der Waals surface area (Å²) in [6.07, 6.45) is 19.1. The third-order valence-corrected chi connectivity index (χ3v) is 8.69. The van der Waals surface area contributed by atoms with Gasteiger partial charge < -0.3 is 14.9 Å². The molecule has 0 unspecified atom stereocenters. The summed E-state index contributed by atoms with van der Waals surface area (Å²) >= 11 is 0. The Kier molecular flexibility index (Phi) is 15.9. The molecule has 0 aromatic heterocycles. The molecule has 0 aromatic rings. The molecular formula is C24H51O4P. The minimum atomic E-state index is -4.42. The van der Waals surface area contributed by atoms with Gasteiger partial charge in [0.25, 0.3) is 0 Å². The molecule has 0 radical (unpaired) electrons. The van der Waals surface area contributed by atoms with Gasteiger partial charge in [-0.2, -0.15) is 0 Å². The number of hydrogen-bond donors (Lipinski definition) is 3. The molecule has 0 aliphatic heterocycles. The van der Waals surface area contributed by atoms with Gasteiger partial charge in [-0.05, 0) is 26.7 Å². The summed E-state index contributed by atoms with van der Waals surface area (Å²) in [6, 6.07) is 0. The molecule has 4 nitrogen and oxygen atoms in total. The summed E-state index contributed by atoms with van der Waals surface area (Å²) in [5.41, 5.74) is -1.38. The minimum absolute atomic E-state index is 0.409. The molecule has 0 saturated heterocycles. The minimum Gasteiger partial charge on any atom is -0.389 e. The summed E-state index contributed by atoms with van der Waals surface area (Å²) in [6.45, 7) is 7.60. The zero-order valence-corrected chi connectivity index (χ0v) is 20.8. The van der Waals surface area contributed by atoms with Crippen LogP contribution in [-0.4, -0.2) is 25.7 Å².